The molecular formula is C9H16N2O2. The summed E-state index contributed by atoms with van der Waals surface area (Å²) < 4.78 is 5.20. The number of allylic oxidation sites excluding steroid dienone is 1. The molecule has 1 saturated heterocycles. The van der Waals surface area contributed by atoms with Crippen LogP contribution in [-0.2, 0) is 4.74 Å². The fourth-order valence-corrected chi connectivity index (χ4v) is 1.40. The molecule has 0 aliphatic carbocycles. The van der Waals surface area contributed by atoms with E-state index in [1.54, 1.807) is 0 Å². The molecule has 0 bridgehead atoms. The Morgan fingerprint density at radius 3 is 2.54 bits per heavy atom. The number of hydrogen-bond acceptors (Lipinski definition) is 3. The largest absolute Gasteiger partial charge is 0.512 e. The minimum Gasteiger partial charge on any atom is -0.512 e. The van der Waals surface area contributed by atoms with Crippen molar-refractivity contribution in [2.45, 2.75) is 19.8 Å². The van der Waals surface area contributed by atoms with Crippen LogP contribution in [-0.4, -0.2) is 24.2 Å². The average molecular weight is 184 g/mol. The Labute approximate surface area is 77.9 Å². The topological polar surface area (TPSA) is 79.3 Å². The molecule has 0 spiro atoms. The van der Waals surface area contributed by atoms with Crippen LogP contribution in [0.25, 0.3) is 0 Å². The van der Waals surface area contributed by atoms with E-state index in [1.807, 2.05) is 6.92 Å². The van der Waals surface area contributed by atoms with E-state index in [4.69, 9.17) is 15.9 Å². The highest BCUT2D eigenvalue weighted by atomic mass is 16.5. The lowest BCUT2D eigenvalue weighted by Crippen LogP contribution is -2.29. The number of amidine groups is 1. The summed E-state index contributed by atoms with van der Waals surface area (Å²) in [5.41, 5.74) is 4.91. The second-order valence-corrected chi connectivity index (χ2v) is 3.66. The maximum atomic E-state index is 9.69. The molecule has 4 N–H and O–H groups in total. The maximum absolute atomic E-state index is 9.69. The molecule has 0 aromatic rings. The highest BCUT2D eigenvalue weighted by Crippen LogP contribution is 2.35. The van der Waals surface area contributed by atoms with Gasteiger partial charge in [0.2, 0.25) is 0 Å². The smallest absolute Gasteiger partial charge is 0.118 e. The van der Waals surface area contributed by atoms with Crippen molar-refractivity contribution < 1.29 is 9.84 Å². The lowest BCUT2D eigenvalue weighted by molar-refractivity contribution is 0.0224. The van der Waals surface area contributed by atoms with Crippen LogP contribution in [0, 0.1) is 10.8 Å². The van der Waals surface area contributed by atoms with Crippen molar-refractivity contribution in [1.29, 1.82) is 5.41 Å². The quantitative estimate of drug-likeness (QED) is 0.342. The molecule has 0 aromatic heterocycles. The molecule has 0 radical (unpaired) electrons. The third-order valence-corrected chi connectivity index (χ3v) is 2.51. The Bertz CT molecular complexity index is 230. The third-order valence-electron chi connectivity index (χ3n) is 2.51. The predicted octanol–water partition coefficient (Wildman–Crippen LogP) is 1.18. The van der Waals surface area contributed by atoms with E-state index in [9.17, 15) is 5.11 Å². The number of aliphatic hydroxyl groups is 1. The zero-order valence-electron chi connectivity index (χ0n) is 7.84. The molecule has 1 aliphatic heterocycles. The maximum Gasteiger partial charge on any atom is 0.118 e. The van der Waals surface area contributed by atoms with E-state index in [-0.39, 0.29) is 17.0 Å². The first-order valence-electron chi connectivity index (χ1n) is 4.37. The third kappa shape index (κ3) is 2.45. The standard InChI is InChI=1S/C9H16N2O2/c1-9(2-4-13-5-3-9)7(12)6-8(10)11/h6,12H,2-5H2,1H3,(H3,10,11)/b7-6-. The molecular weight excluding hydrogens is 168 g/mol. The summed E-state index contributed by atoms with van der Waals surface area (Å²) in [6.45, 7) is 3.28. The molecule has 0 saturated carbocycles. The number of nitrogens with one attached hydrogen (secondary N) is 1. The fourth-order valence-electron chi connectivity index (χ4n) is 1.40. The van der Waals surface area contributed by atoms with Crippen LogP contribution in [0.4, 0.5) is 0 Å². The van der Waals surface area contributed by atoms with Crippen LogP contribution < -0.4 is 5.73 Å². The first kappa shape index (κ1) is 10.1. The molecule has 1 fully saturated rings. The van der Waals surface area contributed by atoms with Gasteiger partial charge >= 0.3 is 0 Å². The summed E-state index contributed by atoms with van der Waals surface area (Å²) in [7, 11) is 0. The normalized spacial score (nSPS) is 22.7. The van der Waals surface area contributed by atoms with Gasteiger partial charge in [0.15, 0.2) is 0 Å². The second kappa shape index (κ2) is 3.79. The van der Waals surface area contributed by atoms with E-state index >= 15 is 0 Å². The molecule has 0 aromatic carbocycles. The molecule has 0 atom stereocenters. The molecule has 74 valence electrons. The molecule has 4 nitrogen and oxygen atoms in total. The van der Waals surface area contributed by atoms with Crippen molar-refractivity contribution in [3.05, 3.63) is 11.8 Å². The van der Waals surface area contributed by atoms with Crippen LogP contribution in [0.1, 0.15) is 19.8 Å². The van der Waals surface area contributed by atoms with Crippen LogP contribution in [0.3, 0.4) is 0 Å². The summed E-state index contributed by atoms with van der Waals surface area (Å²) in [4.78, 5) is 0. The Hall–Kier alpha value is -1.03. The number of rotatable bonds is 2. The molecule has 4 heteroatoms. The minimum atomic E-state index is -0.260. The van der Waals surface area contributed by atoms with Gasteiger partial charge in [-0.05, 0) is 12.8 Å². The van der Waals surface area contributed by atoms with Crippen molar-refractivity contribution in [2.75, 3.05) is 13.2 Å². The first-order valence-corrected chi connectivity index (χ1v) is 4.37. The summed E-state index contributed by atoms with van der Waals surface area (Å²) in [5.74, 6) is 0.0912. The van der Waals surface area contributed by atoms with Gasteiger partial charge in [0.05, 0.1) is 0 Å². The van der Waals surface area contributed by atoms with Crippen molar-refractivity contribution in [1.82, 2.24) is 0 Å². The lowest BCUT2D eigenvalue weighted by atomic mass is 9.80. The molecule has 0 unspecified atom stereocenters. The molecule has 1 aliphatic rings. The molecule has 1 heterocycles. The Balaban J connectivity index is 2.72. The van der Waals surface area contributed by atoms with Gasteiger partial charge in [0, 0.05) is 24.7 Å². The van der Waals surface area contributed by atoms with E-state index in [1.165, 1.54) is 6.08 Å². The summed E-state index contributed by atoms with van der Waals surface area (Å²) in [6.07, 6.45) is 2.87. The van der Waals surface area contributed by atoms with E-state index in [0.717, 1.165) is 12.8 Å². The minimum absolute atomic E-state index is 0.106. The molecule has 0 amide bonds. The first-order chi connectivity index (χ1) is 6.04. The molecule has 1 rings (SSSR count). The monoisotopic (exact) mass is 184 g/mol. The lowest BCUT2D eigenvalue weighted by Gasteiger charge is -2.32. The predicted molar refractivity (Wildman–Crippen MR) is 50.8 cm³/mol. The highest BCUT2D eigenvalue weighted by molar-refractivity contribution is 5.88. The van der Waals surface area contributed by atoms with Gasteiger partial charge in [0.25, 0.3) is 0 Å². The van der Waals surface area contributed by atoms with Gasteiger partial charge in [-0.25, -0.2) is 0 Å². The van der Waals surface area contributed by atoms with Gasteiger partial charge in [-0.3, -0.25) is 5.41 Å². The zero-order chi connectivity index (χ0) is 9.90. The highest BCUT2D eigenvalue weighted by Gasteiger charge is 2.31. The van der Waals surface area contributed by atoms with Gasteiger partial charge in [0.1, 0.15) is 11.6 Å². The SMILES string of the molecule is CC1(/C(O)=C/C(=N)N)CCOCC1. The van der Waals surface area contributed by atoms with Crippen LogP contribution in [0.15, 0.2) is 11.8 Å². The van der Waals surface area contributed by atoms with Gasteiger partial charge < -0.3 is 15.6 Å². The number of nitrogens with two attached hydrogens (primary N) is 1. The zero-order valence-corrected chi connectivity index (χ0v) is 7.84. The van der Waals surface area contributed by atoms with Crippen LogP contribution >= 0.6 is 0 Å². The van der Waals surface area contributed by atoms with E-state index in [2.05, 4.69) is 0 Å². The molecule has 13 heavy (non-hydrogen) atoms. The average Bonchev–Trinajstić information content (AvgIpc) is 2.04. The van der Waals surface area contributed by atoms with Gasteiger partial charge in [-0.2, -0.15) is 0 Å². The fraction of sp³-hybridized carbons (Fsp3) is 0.667. The Kier molecular flexibility index (Phi) is 2.93. The summed E-state index contributed by atoms with van der Waals surface area (Å²) in [5, 5.41) is 16.7. The van der Waals surface area contributed by atoms with E-state index in [0.29, 0.717) is 13.2 Å². The van der Waals surface area contributed by atoms with E-state index < -0.39 is 0 Å². The van der Waals surface area contributed by atoms with Crippen molar-refractivity contribution in [3.63, 3.8) is 0 Å². The van der Waals surface area contributed by atoms with Crippen molar-refractivity contribution in [3.8, 4) is 0 Å². The second-order valence-electron chi connectivity index (χ2n) is 3.66. The van der Waals surface area contributed by atoms with Gasteiger partial charge in [-0.1, -0.05) is 6.92 Å². The van der Waals surface area contributed by atoms with Crippen molar-refractivity contribution in [2.24, 2.45) is 11.1 Å². The van der Waals surface area contributed by atoms with Gasteiger partial charge in [-0.15, -0.1) is 0 Å². The van der Waals surface area contributed by atoms with Crippen LogP contribution in [0.5, 0.6) is 0 Å². The summed E-state index contributed by atoms with van der Waals surface area (Å²) in [6, 6.07) is 0. The Morgan fingerprint density at radius 1 is 1.54 bits per heavy atom. The number of hydrogen-bond donors (Lipinski definition) is 3. The van der Waals surface area contributed by atoms with Crippen molar-refractivity contribution >= 4 is 5.84 Å². The number of aliphatic hydroxyl groups excluding tert-OH is 1. The number of ether oxygens (including phenoxy) is 1. The summed E-state index contributed by atoms with van der Waals surface area (Å²) >= 11 is 0. The Morgan fingerprint density at radius 2 is 2.08 bits per heavy atom. The van der Waals surface area contributed by atoms with Crippen LogP contribution in [0.2, 0.25) is 0 Å².